The van der Waals surface area contributed by atoms with E-state index < -0.39 is 38.4 Å². The highest BCUT2D eigenvalue weighted by molar-refractivity contribution is 7.92. The van der Waals surface area contributed by atoms with Crippen LogP contribution >= 0.6 is 0 Å². The van der Waals surface area contributed by atoms with E-state index in [1.54, 1.807) is 20.0 Å². The lowest BCUT2D eigenvalue weighted by Crippen LogP contribution is -2.30. The minimum Gasteiger partial charge on any atom is -0.456 e. The molecule has 0 spiro atoms. The Bertz CT molecular complexity index is 1040. The van der Waals surface area contributed by atoms with Gasteiger partial charge in [-0.3, -0.25) is 19.7 Å². The normalized spacial score (nSPS) is 12.4. The zero-order chi connectivity index (χ0) is 21.2. The highest BCUT2D eigenvalue weighted by Crippen LogP contribution is 2.21. The van der Waals surface area contributed by atoms with Crippen molar-refractivity contribution in [3.63, 3.8) is 0 Å². The summed E-state index contributed by atoms with van der Waals surface area (Å²) >= 11 is 0. The van der Waals surface area contributed by atoms with Gasteiger partial charge in [-0.05, 0) is 39.0 Å². The maximum atomic E-state index is 12.5. The molecular formula is C18H20N2O7S. The predicted octanol–water partition coefficient (Wildman–Crippen LogP) is 2.14. The van der Waals surface area contributed by atoms with E-state index in [9.17, 15) is 28.1 Å². The number of carbonyl (C=O) groups excluding carboxylic acids is 2. The molecule has 150 valence electrons. The summed E-state index contributed by atoms with van der Waals surface area (Å²) in [7, 11) is -2.32. The van der Waals surface area contributed by atoms with E-state index >= 15 is 0 Å². The third-order valence-corrected chi connectivity index (χ3v) is 6.65. The molecule has 0 aliphatic carbocycles. The van der Waals surface area contributed by atoms with E-state index in [1.165, 1.54) is 0 Å². The molecule has 0 aliphatic heterocycles. The quantitative estimate of drug-likeness (QED) is 0.297. The summed E-state index contributed by atoms with van der Waals surface area (Å²) < 4.78 is 31.8. The fourth-order valence-electron chi connectivity index (χ4n) is 2.56. The fraction of sp³-hybridized carbons (Fsp3) is 0.333. The lowest BCUT2D eigenvalue weighted by molar-refractivity contribution is -0.384. The minimum atomic E-state index is -4.12. The van der Waals surface area contributed by atoms with Crippen molar-refractivity contribution in [3.8, 4) is 0 Å². The molecule has 0 bridgehead atoms. The van der Waals surface area contributed by atoms with Gasteiger partial charge in [0.15, 0.2) is 21.7 Å². The predicted molar refractivity (Wildman–Crippen MR) is 99.9 cm³/mol. The first-order valence-corrected chi connectivity index (χ1v) is 9.82. The molecule has 0 amide bonds. The molecule has 2 aromatic rings. The number of ketones is 1. The van der Waals surface area contributed by atoms with Crippen molar-refractivity contribution >= 4 is 27.3 Å². The second-order valence-corrected chi connectivity index (χ2v) is 8.58. The molecule has 0 saturated carbocycles. The summed E-state index contributed by atoms with van der Waals surface area (Å²) in [5.41, 5.74) is 1.71. The minimum absolute atomic E-state index is 0.247. The summed E-state index contributed by atoms with van der Waals surface area (Å²) in [6.45, 7) is 4.14. The number of sulfone groups is 1. The number of esters is 1. The number of ether oxygens (including phenoxy) is 1. The summed E-state index contributed by atoms with van der Waals surface area (Å²) in [5.74, 6) is -1.51. The lowest BCUT2D eigenvalue weighted by atomic mass is 10.1. The first-order valence-electron chi connectivity index (χ1n) is 8.28. The van der Waals surface area contributed by atoms with Crippen LogP contribution in [0.1, 0.15) is 28.7 Å². The highest BCUT2D eigenvalue weighted by atomic mass is 32.2. The van der Waals surface area contributed by atoms with Crippen LogP contribution in [-0.4, -0.2) is 41.5 Å². The SMILES string of the molecule is Cc1cc(C(=O)COC(=O)[C@@H](C)S(=O)(=O)c2ccc([N+](=O)[O-])cc2)c(C)n1C. The highest BCUT2D eigenvalue weighted by Gasteiger charge is 2.32. The van der Waals surface area contributed by atoms with E-state index in [-0.39, 0.29) is 10.6 Å². The number of benzene rings is 1. The van der Waals surface area contributed by atoms with Crippen LogP contribution < -0.4 is 0 Å². The maximum Gasteiger partial charge on any atom is 0.324 e. The van der Waals surface area contributed by atoms with Crippen LogP contribution in [0, 0.1) is 24.0 Å². The van der Waals surface area contributed by atoms with Crippen LogP contribution in [0.25, 0.3) is 0 Å². The number of hydrogen-bond donors (Lipinski definition) is 0. The van der Waals surface area contributed by atoms with Gasteiger partial charge in [-0.1, -0.05) is 0 Å². The van der Waals surface area contributed by atoms with Crippen LogP contribution in [0.5, 0.6) is 0 Å². The molecule has 1 aromatic carbocycles. The van der Waals surface area contributed by atoms with Crippen molar-refractivity contribution in [1.29, 1.82) is 0 Å². The molecule has 2 rings (SSSR count). The van der Waals surface area contributed by atoms with Gasteiger partial charge in [0, 0.05) is 36.1 Å². The number of aromatic nitrogens is 1. The number of non-ortho nitro benzene ring substituents is 1. The van der Waals surface area contributed by atoms with Crippen LogP contribution in [-0.2, 0) is 26.4 Å². The second-order valence-electron chi connectivity index (χ2n) is 6.31. The molecule has 28 heavy (non-hydrogen) atoms. The number of Topliss-reactive ketones (excluding diaryl/α,β-unsaturated/α-hetero) is 1. The molecule has 0 unspecified atom stereocenters. The first-order chi connectivity index (χ1) is 13.0. The Labute approximate surface area is 162 Å². The number of nitrogens with zero attached hydrogens (tertiary/aromatic N) is 2. The lowest BCUT2D eigenvalue weighted by Gasteiger charge is -2.12. The van der Waals surface area contributed by atoms with E-state index in [0.29, 0.717) is 11.3 Å². The van der Waals surface area contributed by atoms with Gasteiger partial charge < -0.3 is 9.30 Å². The van der Waals surface area contributed by atoms with Gasteiger partial charge in [-0.25, -0.2) is 8.42 Å². The Morgan fingerprint density at radius 1 is 1.21 bits per heavy atom. The Morgan fingerprint density at radius 2 is 1.79 bits per heavy atom. The Hall–Kier alpha value is -3.01. The van der Waals surface area contributed by atoms with Crippen molar-refractivity contribution in [2.24, 2.45) is 7.05 Å². The number of carbonyl (C=O) groups is 2. The Balaban J connectivity index is 2.09. The molecule has 1 heterocycles. The summed E-state index contributed by atoms with van der Waals surface area (Å²) in [5, 5.41) is 9.10. The third kappa shape index (κ3) is 4.11. The summed E-state index contributed by atoms with van der Waals surface area (Å²) in [4.78, 5) is 34.2. The third-order valence-electron chi connectivity index (χ3n) is 4.59. The second kappa shape index (κ2) is 7.93. The van der Waals surface area contributed by atoms with Gasteiger partial charge in [-0.15, -0.1) is 0 Å². The van der Waals surface area contributed by atoms with Gasteiger partial charge in [-0.2, -0.15) is 0 Å². The van der Waals surface area contributed by atoms with Gasteiger partial charge in [0.1, 0.15) is 0 Å². The average Bonchev–Trinajstić information content (AvgIpc) is 2.92. The Kier molecular flexibility index (Phi) is 6.03. The van der Waals surface area contributed by atoms with Crippen LogP contribution in [0.15, 0.2) is 35.2 Å². The smallest absolute Gasteiger partial charge is 0.324 e. The van der Waals surface area contributed by atoms with Gasteiger partial charge in [0.05, 0.1) is 9.82 Å². The molecule has 0 fully saturated rings. The van der Waals surface area contributed by atoms with Gasteiger partial charge in [0.2, 0.25) is 5.78 Å². The molecule has 1 aromatic heterocycles. The molecule has 9 nitrogen and oxygen atoms in total. The topological polar surface area (TPSA) is 126 Å². The van der Waals surface area contributed by atoms with Crippen molar-refractivity contribution in [3.05, 3.63) is 57.4 Å². The van der Waals surface area contributed by atoms with Gasteiger partial charge >= 0.3 is 5.97 Å². The molecule has 0 N–H and O–H groups in total. The average molecular weight is 408 g/mol. The van der Waals surface area contributed by atoms with Gasteiger partial charge in [0.25, 0.3) is 5.69 Å². The molecule has 0 radical (unpaired) electrons. The standard InChI is InChI=1S/C18H20N2O7S/c1-11-9-16(12(2)19(11)4)17(21)10-27-18(22)13(3)28(25,26)15-7-5-14(6-8-15)20(23)24/h5-9,13H,10H2,1-4H3/t13-/m1/s1. The van der Waals surface area contributed by atoms with E-state index in [2.05, 4.69) is 0 Å². The van der Waals surface area contributed by atoms with Crippen molar-refractivity contribution in [2.75, 3.05) is 6.61 Å². The number of aryl methyl sites for hydroxylation is 1. The number of rotatable bonds is 7. The van der Waals surface area contributed by atoms with E-state index in [4.69, 9.17) is 4.74 Å². The monoisotopic (exact) mass is 408 g/mol. The number of hydrogen-bond acceptors (Lipinski definition) is 7. The number of nitro groups is 1. The summed E-state index contributed by atoms with van der Waals surface area (Å²) in [6, 6.07) is 5.85. The van der Waals surface area contributed by atoms with Crippen LogP contribution in [0.2, 0.25) is 0 Å². The number of nitro benzene ring substituents is 1. The van der Waals surface area contributed by atoms with E-state index in [0.717, 1.165) is 36.9 Å². The molecule has 1 atom stereocenters. The largest absolute Gasteiger partial charge is 0.456 e. The molecule has 0 aliphatic rings. The van der Waals surface area contributed by atoms with Crippen LogP contribution in [0.4, 0.5) is 5.69 Å². The van der Waals surface area contributed by atoms with E-state index in [1.807, 2.05) is 11.5 Å². The fourth-order valence-corrected chi connectivity index (χ4v) is 3.80. The zero-order valence-corrected chi connectivity index (χ0v) is 16.6. The molecule has 10 heteroatoms. The maximum absolute atomic E-state index is 12.5. The first kappa shape index (κ1) is 21.3. The summed E-state index contributed by atoms with van der Waals surface area (Å²) in [6.07, 6.45) is 0. The van der Waals surface area contributed by atoms with Crippen molar-refractivity contribution in [2.45, 2.75) is 30.9 Å². The Morgan fingerprint density at radius 3 is 2.25 bits per heavy atom. The van der Waals surface area contributed by atoms with Crippen LogP contribution in [0.3, 0.4) is 0 Å². The van der Waals surface area contributed by atoms with Crippen molar-refractivity contribution < 1.29 is 27.7 Å². The molecular weight excluding hydrogens is 388 g/mol. The zero-order valence-electron chi connectivity index (χ0n) is 15.8. The van der Waals surface area contributed by atoms with Crippen molar-refractivity contribution in [1.82, 2.24) is 4.57 Å². The molecule has 0 saturated heterocycles.